The first-order valence-electron chi connectivity index (χ1n) is 6.51. The molecule has 0 radical (unpaired) electrons. The Bertz CT molecular complexity index is 805. The number of fused-ring (bicyclic) bond motifs is 1. The van der Waals surface area contributed by atoms with Crippen LogP contribution in [0.2, 0.25) is 0 Å². The zero-order chi connectivity index (χ0) is 14.1. The van der Waals surface area contributed by atoms with Crippen molar-refractivity contribution in [1.82, 2.24) is 14.5 Å². The average molecular weight is 285 g/mol. The van der Waals surface area contributed by atoms with E-state index in [1.807, 2.05) is 26.0 Å². The molecule has 0 aliphatic carbocycles. The van der Waals surface area contributed by atoms with Gasteiger partial charge in [-0.25, -0.2) is 4.98 Å². The van der Waals surface area contributed by atoms with Crippen molar-refractivity contribution in [3.05, 3.63) is 57.2 Å². The standard InChI is InChI=1S/C15H15N3OS/c1-10-11(2)20-14-13(10)15(19)18(9-17-14)8-5-12-3-6-16-7-4-12/h3-4,6-7,9H,5,8H2,1-2H3. The number of aryl methyl sites for hydroxylation is 4. The van der Waals surface area contributed by atoms with Crippen LogP contribution in [0.3, 0.4) is 0 Å². The molecule has 0 amide bonds. The Morgan fingerprint density at radius 1 is 1.25 bits per heavy atom. The second-order valence-electron chi connectivity index (χ2n) is 4.81. The molecule has 102 valence electrons. The molecule has 0 aliphatic rings. The highest BCUT2D eigenvalue weighted by atomic mass is 32.1. The molecule has 0 spiro atoms. The molecule has 3 rings (SSSR count). The molecule has 0 saturated heterocycles. The third-order valence-corrected chi connectivity index (χ3v) is 4.66. The van der Waals surface area contributed by atoms with Gasteiger partial charge in [0, 0.05) is 23.8 Å². The van der Waals surface area contributed by atoms with E-state index < -0.39 is 0 Å². The molecule has 0 saturated carbocycles. The molecule has 0 fully saturated rings. The number of aromatic nitrogens is 3. The number of pyridine rings is 1. The van der Waals surface area contributed by atoms with Gasteiger partial charge in [0.1, 0.15) is 4.83 Å². The fourth-order valence-electron chi connectivity index (χ4n) is 2.23. The number of hydrogen-bond donors (Lipinski definition) is 0. The summed E-state index contributed by atoms with van der Waals surface area (Å²) >= 11 is 1.58. The van der Waals surface area contributed by atoms with Crippen LogP contribution in [0.1, 0.15) is 16.0 Å². The largest absolute Gasteiger partial charge is 0.298 e. The summed E-state index contributed by atoms with van der Waals surface area (Å²) in [5.41, 5.74) is 2.29. The average Bonchev–Trinajstić information content (AvgIpc) is 2.75. The van der Waals surface area contributed by atoms with Gasteiger partial charge < -0.3 is 0 Å². The summed E-state index contributed by atoms with van der Waals surface area (Å²) in [6, 6.07) is 3.94. The monoisotopic (exact) mass is 285 g/mol. The van der Waals surface area contributed by atoms with Crippen LogP contribution in [-0.2, 0) is 13.0 Å². The SMILES string of the molecule is Cc1sc2ncn(CCc3ccncc3)c(=O)c2c1C. The Morgan fingerprint density at radius 3 is 2.75 bits per heavy atom. The van der Waals surface area contributed by atoms with Gasteiger partial charge in [0.2, 0.25) is 0 Å². The van der Waals surface area contributed by atoms with Crippen molar-refractivity contribution in [3.63, 3.8) is 0 Å². The van der Waals surface area contributed by atoms with Crippen molar-refractivity contribution in [3.8, 4) is 0 Å². The maximum Gasteiger partial charge on any atom is 0.262 e. The van der Waals surface area contributed by atoms with Gasteiger partial charge in [-0.3, -0.25) is 14.3 Å². The summed E-state index contributed by atoms with van der Waals surface area (Å²) in [6.45, 7) is 4.66. The van der Waals surface area contributed by atoms with Gasteiger partial charge >= 0.3 is 0 Å². The van der Waals surface area contributed by atoms with Crippen LogP contribution in [0, 0.1) is 13.8 Å². The summed E-state index contributed by atoms with van der Waals surface area (Å²) in [6.07, 6.45) is 6.00. The molecule has 20 heavy (non-hydrogen) atoms. The van der Waals surface area contributed by atoms with Crippen LogP contribution in [0.4, 0.5) is 0 Å². The zero-order valence-corrected chi connectivity index (χ0v) is 12.3. The van der Waals surface area contributed by atoms with E-state index in [0.29, 0.717) is 6.54 Å². The first kappa shape index (κ1) is 13.0. The Balaban J connectivity index is 1.95. The van der Waals surface area contributed by atoms with E-state index in [1.54, 1.807) is 34.6 Å². The van der Waals surface area contributed by atoms with Crippen molar-refractivity contribution in [2.75, 3.05) is 0 Å². The highest BCUT2D eigenvalue weighted by Gasteiger charge is 2.11. The normalized spacial score (nSPS) is 11.1. The Kier molecular flexibility index (Phi) is 3.36. The lowest BCUT2D eigenvalue weighted by Crippen LogP contribution is -2.21. The van der Waals surface area contributed by atoms with Crippen LogP contribution in [0.15, 0.2) is 35.6 Å². The number of rotatable bonds is 3. The minimum absolute atomic E-state index is 0.0610. The van der Waals surface area contributed by atoms with Crippen LogP contribution < -0.4 is 5.56 Å². The van der Waals surface area contributed by atoms with E-state index in [2.05, 4.69) is 9.97 Å². The fourth-order valence-corrected chi connectivity index (χ4v) is 3.22. The molecule has 0 bridgehead atoms. The summed E-state index contributed by atoms with van der Waals surface area (Å²) < 4.78 is 1.70. The third-order valence-electron chi connectivity index (χ3n) is 3.55. The lowest BCUT2D eigenvalue weighted by Gasteiger charge is -2.05. The number of nitrogens with zero attached hydrogens (tertiary/aromatic N) is 3. The van der Waals surface area contributed by atoms with E-state index in [9.17, 15) is 4.79 Å². The predicted molar refractivity (Wildman–Crippen MR) is 81.3 cm³/mol. The highest BCUT2D eigenvalue weighted by molar-refractivity contribution is 7.18. The van der Waals surface area contributed by atoms with Crippen LogP contribution in [0.25, 0.3) is 10.2 Å². The van der Waals surface area contributed by atoms with E-state index in [1.165, 1.54) is 5.56 Å². The Labute approximate surface area is 120 Å². The van der Waals surface area contributed by atoms with Gasteiger partial charge in [-0.1, -0.05) is 0 Å². The van der Waals surface area contributed by atoms with Crippen LogP contribution in [0.5, 0.6) is 0 Å². The van der Waals surface area contributed by atoms with Gasteiger partial charge in [0.15, 0.2) is 0 Å². The lowest BCUT2D eigenvalue weighted by molar-refractivity contribution is 0.662. The molecule has 0 unspecified atom stereocenters. The van der Waals surface area contributed by atoms with Crippen molar-refractivity contribution in [1.29, 1.82) is 0 Å². The Morgan fingerprint density at radius 2 is 2.00 bits per heavy atom. The van der Waals surface area contributed by atoms with Crippen molar-refractivity contribution >= 4 is 21.6 Å². The second kappa shape index (κ2) is 5.17. The van der Waals surface area contributed by atoms with E-state index in [4.69, 9.17) is 0 Å². The molecule has 0 aromatic carbocycles. The molecule has 3 heterocycles. The third kappa shape index (κ3) is 2.25. The first-order valence-corrected chi connectivity index (χ1v) is 7.32. The molecular formula is C15H15N3OS. The second-order valence-corrected chi connectivity index (χ2v) is 6.02. The van der Waals surface area contributed by atoms with Gasteiger partial charge in [-0.15, -0.1) is 11.3 Å². The molecule has 5 heteroatoms. The summed E-state index contributed by atoms with van der Waals surface area (Å²) in [5.74, 6) is 0. The lowest BCUT2D eigenvalue weighted by atomic mass is 10.2. The summed E-state index contributed by atoms with van der Waals surface area (Å²) in [4.78, 5) is 22.9. The van der Waals surface area contributed by atoms with Crippen molar-refractivity contribution in [2.24, 2.45) is 0 Å². The van der Waals surface area contributed by atoms with Crippen molar-refractivity contribution < 1.29 is 0 Å². The number of hydrogen-bond acceptors (Lipinski definition) is 4. The molecule has 0 N–H and O–H groups in total. The van der Waals surface area contributed by atoms with Gasteiger partial charge in [-0.2, -0.15) is 0 Å². The number of thiophene rings is 1. The molecule has 3 aromatic rings. The molecular weight excluding hydrogens is 270 g/mol. The Hall–Kier alpha value is -2.01. The summed E-state index contributed by atoms with van der Waals surface area (Å²) in [5, 5.41) is 0.768. The summed E-state index contributed by atoms with van der Waals surface area (Å²) in [7, 11) is 0. The topological polar surface area (TPSA) is 47.8 Å². The van der Waals surface area contributed by atoms with Crippen molar-refractivity contribution in [2.45, 2.75) is 26.8 Å². The van der Waals surface area contributed by atoms with E-state index >= 15 is 0 Å². The first-order chi connectivity index (χ1) is 9.66. The smallest absolute Gasteiger partial charge is 0.262 e. The van der Waals surface area contributed by atoms with Crippen LogP contribution >= 0.6 is 11.3 Å². The van der Waals surface area contributed by atoms with Crippen LogP contribution in [-0.4, -0.2) is 14.5 Å². The maximum atomic E-state index is 12.5. The fraction of sp³-hybridized carbons (Fsp3) is 0.267. The van der Waals surface area contributed by atoms with E-state index in [0.717, 1.165) is 27.1 Å². The molecule has 4 nitrogen and oxygen atoms in total. The predicted octanol–water partition coefficient (Wildman–Crippen LogP) is 2.71. The quantitative estimate of drug-likeness (QED) is 0.743. The molecule has 3 aromatic heterocycles. The minimum Gasteiger partial charge on any atom is -0.298 e. The van der Waals surface area contributed by atoms with Gasteiger partial charge in [0.25, 0.3) is 5.56 Å². The van der Waals surface area contributed by atoms with E-state index in [-0.39, 0.29) is 5.56 Å². The minimum atomic E-state index is 0.0610. The molecule has 0 atom stereocenters. The highest BCUT2D eigenvalue weighted by Crippen LogP contribution is 2.25. The van der Waals surface area contributed by atoms with Gasteiger partial charge in [-0.05, 0) is 43.5 Å². The zero-order valence-electron chi connectivity index (χ0n) is 11.5. The molecule has 0 aliphatic heterocycles. The van der Waals surface area contributed by atoms with Gasteiger partial charge in [0.05, 0.1) is 11.7 Å². The maximum absolute atomic E-state index is 12.5.